The molecule has 4 nitrogen and oxygen atoms in total. The van der Waals surface area contributed by atoms with Gasteiger partial charge < -0.3 is 15.0 Å². The van der Waals surface area contributed by atoms with E-state index >= 15 is 0 Å². The van der Waals surface area contributed by atoms with Gasteiger partial charge in [-0.15, -0.1) is 0 Å². The highest BCUT2D eigenvalue weighted by Gasteiger charge is 2.16. The van der Waals surface area contributed by atoms with Gasteiger partial charge in [0.05, 0.1) is 7.11 Å². The molecule has 1 aromatic heterocycles. The van der Waals surface area contributed by atoms with E-state index < -0.39 is 0 Å². The van der Waals surface area contributed by atoms with Gasteiger partial charge in [-0.1, -0.05) is 29.8 Å². The minimum absolute atomic E-state index is 0.218. The molecule has 3 aromatic rings. The summed E-state index contributed by atoms with van der Waals surface area (Å²) in [6.07, 6.45) is 3.46. The molecule has 28 heavy (non-hydrogen) atoms. The number of halogens is 2. The van der Waals surface area contributed by atoms with Crippen LogP contribution in [0.15, 0.2) is 67.0 Å². The summed E-state index contributed by atoms with van der Waals surface area (Å²) in [6.45, 7) is 0.671. The van der Waals surface area contributed by atoms with Gasteiger partial charge in [0, 0.05) is 47.8 Å². The first kappa shape index (κ1) is 20.0. The summed E-state index contributed by atoms with van der Waals surface area (Å²) in [6, 6.07) is 15.9. The molecule has 0 saturated carbocycles. The molecule has 1 N–H and O–H groups in total. The summed E-state index contributed by atoms with van der Waals surface area (Å²) < 4.78 is 19.6. The van der Waals surface area contributed by atoms with E-state index in [1.54, 1.807) is 31.6 Å². The largest absolute Gasteiger partial charge is 0.497 e. The maximum absolute atomic E-state index is 14.3. The molecule has 0 atom stereocenters. The smallest absolute Gasteiger partial charge is 0.174 e. The van der Waals surface area contributed by atoms with Crippen molar-refractivity contribution in [2.24, 2.45) is 0 Å². The third kappa shape index (κ3) is 5.18. The fourth-order valence-corrected chi connectivity index (χ4v) is 3.16. The SMILES string of the molecule is COc1cccc(NC(=S)N(Cc2cccnc2)Cc2c(F)cccc2Cl)c1. The number of nitrogens with zero attached hydrogens (tertiary/aromatic N) is 2. The van der Waals surface area contributed by atoms with E-state index in [0.29, 0.717) is 28.0 Å². The van der Waals surface area contributed by atoms with Crippen molar-refractivity contribution in [3.8, 4) is 5.75 Å². The first-order chi connectivity index (χ1) is 13.6. The van der Waals surface area contributed by atoms with Crippen LogP contribution < -0.4 is 10.1 Å². The molecule has 2 aromatic carbocycles. The van der Waals surface area contributed by atoms with Crippen LogP contribution in [0.25, 0.3) is 0 Å². The normalized spacial score (nSPS) is 10.4. The second kappa shape index (κ2) is 9.48. The van der Waals surface area contributed by atoms with Gasteiger partial charge in [-0.3, -0.25) is 4.98 Å². The molecule has 0 aliphatic carbocycles. The topological polar surface area (TPSA) is 37.4 Å². The molecule has 0 fully saturated rings. The summed E-state index contributed by atoms with van der Waals surface area (Å²) in [5.41, 5.74) is 2.12. The average Bonchev–Trinajstić information content (AvgIpc) is 2.71. The van der Waals surface area contributed by atoms with Gasteiger partial charge in [0.15, 0.2) is 5.11 Å². The highest BCUT2D eigenvalue weighted by molar-refractivity contribution is 7.80. The lowest BCUT2D eigenvalue weighted by molar-refractivity contribution is 0.402. The molecule has 3 rings (SSSR count). The molecule has 0 saturated heterocycles. The Morgan fingerprint density at radius 3 is 2.71 bits per heavy atom. The van der Waals surface area contributed by atoms with Crippen molar-refractivity contribution in [1.82, 2.24) is 9.88 Å². The fourth-order valence-electron chi connectivity index (χ4n) is 2.69. The van der Waals surface area contributed by atoms with Crippen LogP contribution >= 0.6 is 23.8 Å². The van der Waals surface area contributed by atoms with Gasteiger partial charge in [-0.2, -0.15) is 0 Å². The number of rotatable bonds is 6. The number of nitrogens with one attached hydrogen (secondary N) is 1. The maximum atomic E-state index is 14.3. The summed E-state index contributed by atoms with van der Waals surface area (Å²) >= 11 is 11.8. The molecule has 0 spiro atoms. The Kier molecular flexibility index (Phi) is 6.79. The first-order valence-corrected chi connectivity index (χ1v) is 9.37. The van der Waals surface area contributed by atoms with Crippen LogP contribution in [0.5, 0.6) is 5.75 Å². The molecule has 1 heterocycles. The molecule has 0 aliphatic rings. The van der Waals surface area contributed by atoms with Crippen molar-refractivity contribution in [2.75, 3.05) is 12.4 Å². The number of hydrogen-bond donors (Lipinski definition) is 1. The Labute approximate surface area is 173 Å². The van der Waals surface area contributed by atoms with Crippen molar-refractivity contribution >= 4 is 34.6 Å². The highest BCUT2D eigenvalue weighted by atomic mass is 35.5. The van der Waals surface area contributed by atoms with E-state index in [1.165, 1.54) is 6.07 Å². The van der Waals surface area contributed by atoms with Crippen LogP contribution in [-0.2, 0) is 13.1 Å². The Hall–Kier alpha value is -2.70. The quantitative estimate of drug-likeness (QED) is 0.554. The van der Waals surface area contributed by atoms with Gasteiger partial charge >= 0.3 is 0 Å². The molecule has 0 radical (unpaired) electrons. The van der Waals surface area contributed by atoms with E-state index in [-0.39, 0.29) is 12.4 Å². The lowest BCUT2D eigenvalue weighted by atomic mass is 10.2. The van der Waals surface area contributed by atoms with Gasteiger partial charge in [-0.05, 0) is 48.1 Å². The maximum Gasteiger partial charge on any atom is 0.174 e. The number of hydrogen-bond acceptors (Lipinski definition) is 3. The predicted octanol–water partition coefficient (Wildman–Crippen LogP) is 5.28. The molecule has 144 valence electrons. The van der Waals surface area contributed by atoms with Crippen LogP contribution in [0.2, 0.25) is 5.02 Å². The summed E-state index contributed by atoms with van der Waals surface area (Å²) in [7, 11) is 1.60. The van der Waals surface area contributed by atoms with Crippen LogP contribution in [0.1, 0.15) is 11.1 Å². The van der Waals surface area contributed by atoms with Crippen LogP contribution in [0, 0.1) is 5.82 Å². The van der Waals surface area contributed by atoms with Crippen molar-refractivity contribution in [1.29, 1.82) is 0 Å². The predicted molar refractivity (Wildman–Crippen MR) is 114 cm³/mol. The van der Waals surface area contributed by atoms with Gasteiger partial charge in [0.1, 0.15) is 11.6 Å². The van der Waals surface area contributed by atoms with Crippen LogP contribution in [0.4, 0.5) is 10.1 Å². The number of aromatic nitrogens is 1. The molecular weight excluding hydrogens is 397 g/mol. The van der Waals surface area contributed by atoms with E-state index in [2.05, 4.69) is 10.3 Å². The Morgan fingerprint density at radius 1 is 1.18 bits per heavy atom. The standard InChI is InChI=1S/C21H19ClFN3OS/c1-27-17-7-2-6-16(11-17)25-21(28)26(13-15-5-4-10-24-12-15)14-18-19(22)8-3-9-20(18)23/h2-12H,13-14H2,1H3,(H,25,28). The summed E-state index contributed by atoms with van der Waals surface area (Å²) in [5.74, 6) is 0.344. The van der Waals surface area contributed by atoms with Crippen LogP contribution in [0.3, 0.4) is 0 Å². The first-order valence-electron chi connectivity index (χ1n) is 8.58. The van der Waals surface area contributed by atoms with Crippen molar-refractivity contribution in [2.45, 2.75) is 13.1 Å². The third-order valence-corrected chi connectivity index (χ3v) is 4.83. The van der Waals surface area contributed by atoms with E-state index in [9.17, 15) is 4.39 Å². The van der Waals surface area contributed by atoms with Crippen molar-refractivity contribution in [3.05, 3.63) is 89.0 Å². The minimum Gasteiger partial charge on any atom is -0.497 e. The van der Waals surface area contributed by atoms with E-state index in [4.69, 9.17) is 28.6 Å². The highest BCUT2D eigenvalue weighted by Crippen LogP contribution is 2.23. The molecule has 0 unspecified atom stereocenters. The van der Waals surface area contributed by atoms with Gasteiger partial charge in [-0.25, -0.2) is 4.39 Å². The van der Waals surface area contributed by atoms with Gasteiger partial charge in [0.25, 0.3) is 0 Å². The molecular formula is C21H19ClFN3OS. The number of anilines is 1. The summed E-state index contributed by atoms with van der Waals surface area (Å²) in [4.78, 5) is 5.98. The minimum atomic E-state index is -0.368. The van der Waals surface area contributed by atoms with Gasteiger partial charge in [0.2, 0.25) is 0 Å². The second-order valence-corrected chi connectivity index (χ2v) is 6.87. The number of thiocarbonyl (C=S) groups is 1. The average molecular weight is 416 g/mol. The van der Waals surface area contributed by atoms with E-state index in [1.807, 2.05) is 41.3 Å². The second-order valence-electron chi connectivity index (χ2n) is 6.08. The van der Waals surface area contributed by atoms with Crippen LogP contribution in [-0.4, -0.2) is 22.1 Å². The molecule has 0 bridgehead atoms. The number of methoxy groups -OCH3 is 1. The number of pyridine rings is 1. The Balaban J connectivity index is 1.85. The fraction of sp³-hybridized carbons (Fsp3) is 0.143. The Morgan fingerprint density at radius 2 is 2.00 bits per heavy atom. The number of benzene rings is 2. The lowest BCUT2D eigenvalue weighted by Crippen LogP contribution is -2.34. The monoisotopic (exact) mass is 415 g/mol. The third-order valence-electron chi connectivity index (χ3n) is 4.12. The zero-order valence-corrected chi connectivity index (χ0v) is 16.8. The Bertz CT molecular complexity index is 935. The molecule has 7 heteroatoms. The van der Waals surface area contributed by atoms with Crippen molar-refractivity contribution < 1.29 is 9.13 Å². The zero-order valence-electron chi connectivity index (χ0n) is 15.2. The number of ether oxygens (including phenoxy) is 1. The lowest BCUT2D eigenvalue weighted by Gasteiger charge is -2.27. The van der Waals surface area contributed by atoms with E-state index in [0.717, 1.165) is 11.3 Å². The molecule has 0 amide bonds. The van der Waals surface area contributed by atoms with Crippen molar-refractivity contribution in [3.63, 3.8) is 0 Å². The molecule has 0 aliphatic heterocycles. The zero-order chi connectivity index (χ0) is 19.9. The summed E-state index contributed by atoms with van der Waals surface area (Å²) in [5, 5.41) is 3.99.